The van der Waals surface area contributed by atoms with Gasteiger partial charge in [-0.2, -0.15) is 0 Å². The molecule has 0 spiro atoms. The number of nitrogens with two attached hydrogens (primary N) is 1. The minimum absolute atomic E-state index is 0.404. The van der Waals surface area contributed by atoms with Crippen LogP contribution in [0.25, 0.3) is 0 Å². The molecule has 3 N–H and O–H groups in total. The third-order valence-corrected chi connectivity index (χ3v) is 2.31. The number of nitrogens with one attached hydrogen (secondary N) is 1. The number of primary amides is 1. The van der Waals surface area contributed by atoms with Crippen LogP contribution in [0.4, 0.5) is 0 Å². The Hall–Kier alpha value is -1.39. The van der Waals surface area contributed by atoms with Crippen molar-refractivity contribution >= 4 is 5.91 Å². The highest BCUT2D eigenvalue weighted by Gasteiger charge is 1.99. The summed E-state index contributed by atoms with van der Waals surface area (Å²) in [5, 5.41) is 3.27. The fourth-order valence-electron chi connectivity index (χ4n) is 1.38. The minimum Gasteiger partial charge on any atom is -0.375 e. The average Bonchev–Trinajstić information content (AvgIpc) is 2.29. The van der Waals surface area contributed by atoms with Gasteiger partial charge in [0.15, 0.2) is 0 Å². The molecule has 1 aromatic rings. The zero-order valence-electron chi connectivity index (χ0n) is 10.4. The van der Waals surface area contributed by atoms with E-state index in [0.717, 1.165) is 12.1 Å². The van der Waals surface area contributed by atoms with Crippen molar-refractivity contribution in [2.45, 2.75) is 26.5 Å². The molecule has 0 aromatic heterocycles. The largest absolute Gasteiger partial charge is 0.375 e. The first kappa shape index (κ1) is 13.7. The van der Waals surface area contributed by atoms with Crippen LogP contribution in [0.1, 0.15) is 29.8 Å². The van der Waals surface area contributed by atoms with Crippen LogP contribution >= 0.6 is 0 Å². The molecule has 0 radical (unpaired) electrons. The van der Waals surface area contributed by atoms with Crippen molar-refractivity contribution in [1.82, 2.24) is 5.32 Å². The van der Waals surface area contributed by atoms with Crippen molar-refractivity contribution in [3.05, 3.63) is 35.4 Å². The lowest BCUT2D eigenvalue weighted by Gasteiger charge is -2.08. The van der Waals surface area contributed by atoms with E-state index in [-0.39, 0.29) is 0 Å². The first-order valence-electron chi connectivity index (χ1n) is 5.79. The molecule has 0 aliphatic rings. The van der Waals surface area contributed by atoms with Crippen molar-refractivity contribution in [3.8, 4) is 0 Å². The van der Waals surface area contributed by atoms with E-state index < -0.39 is 5.91 Å². The molecule has 0 atom stereocenters. The molecule has 0 fully saturated rings. The quantitative estimate of drug-likeness (QED) is 0.701. The topological polar surface area (TPSA) is 64.3 Å². The van der Waals surface area contributed by atoms with Crippen molar-refractivity contribution in [3.63, 3.8) is 0 Å². The summed E-state index contributed by atoms with van der Waals surface area (Å²) in [6.07, 6.45) is 0. The number of amides is 1. The number of carbonyl (C=O) groups excluding carboxylic acids is 1. The molecule has 0 saturated carbocycles. The summed E-state index contributed by atoms with van der Waals surface area (Å²) < 4.78 is 5.49. The van der Waals surface area contributed by atoms with Gasteiger partial charge in [0.05, 0.1) is 13.2 Å². The van der Waals surface area contributed by atoms with Crippen LogP contribution in [0.15, 0.2) is 24.3 Å². The first-order valence-corrected chi connectivity index (χ1v) is 5.79. The van der Waals surface area contributed by atoms with Gasteiger partial charge < -0.3 is 15.8 Å². The van der Waals surface area contributed by atoms with Crippen LogP contribution in [0, 0.1) is 0 Å². The van der Waals surface area contributed by atoms with Crippen LogP contribution in [-0.2, 0) is 11.3 Å². The first-order chi connectivity index (χ1) is 8.09. The zero-order chi connectivity index (χ0) is 12.7. The number of hydrogen-bond acceptors (Lipinski definition) is 3. The smallest absolute Gasteiger partial charge is 0.248 e. The highest BCUT2D eigenvalue weighted by atomic mass is 16.5. The molecule has 0 bridgehead atoms. The van der Waals surface area contributed by atoms with E-state index in [1.807, 2.05) is 12.1 Å². The van der Waals surface area contributed by atoms with Gasteiger partial charge in [0.25, 0.3) is 0 Å². The Morgan fingerprint density at radius 3 is 2.53 bits per heavy atom. The second kappa shape index (κ2) is 7.04. The minimum atomic E-state index is -0.404. The number of carbonyl (C=O) groups is 1. The lowest BCUT2D eigenvalue weighted by atomic mass is 10.1. The standard InChI is InChI=1S/C13H20N2O2/c1-10(2)15-7-8-17-9-11-3-5-12(6-4-11)13(14)16/h3-6,10,15H,7-9H2,1-2H3,(H2,14,16). The number of rotatable bonds is 7. The van der Waals surface area contributed by atoms with Crippen LogP contribution in [-0.4, -0.2) is 25.1 Å². The van der Waals surface area contributed by atoms with Gasteiger partial charge >= 0.3 is 0 Å². The van der Waals surface area contributed by atoms with Gasteiger partial charge in [-0.3, -0.25) is 4.79 Å². The third-order valence-electron chi connectivity index (χ3n) is 2.31. The molecule has 0 heterocycles. The highest BCUT2D eigenvalue weighted by molar-refractivity contribution is 5.92. The Bertz CT molecular complexity index is 347. The predicted octanol–water partition coefficient (Wildman–Crippen LogP) is 1.30. The van der Waals surface area contributed by atoms with E-state index in [4.69, 9.17) is 10.5 Å². The van der Waals surface area contributed by atoms with E-state index >= 15 is 0 Å². The SMILES string of the molecule is CC(C)NCCOCc1ccc(C(N)=O)cc1. The van der Waals surface area contributed by atoms with Crippen molar-refractivity contribution in [2.24, 2.45) is 5.73 Å². The molecule has 0 unspecified atom stereocenters. The van der Waals surface area contributed by atoms with E-state index in [2.05, 4.69) is 19.2 Å². The maximum atomic E-state index is 10.9. The molecule has 4 heteroatoms. The van der Waals surface area contributed by atoms with Gasteiger partial charge in [0.1, 0.15) is 0 Å². The molecule has 94 valence electrons. The van der Waals surface area contributed by atoms with Crippen LogP contribution < -0.4 is 11.1 Å². The van der Waals surface area contributed by atoms with E-state index in [0.29, 0.717) is 24.8 Å². The highest BCUT2D eigenvalue weighted by Crippen LogP contribution is 2.04. The fraction of sp³-hybridized carbons (Fsp3) is 0.462. The zero-order valence-corrected chi connectivity index (χ0v) is 10.4. The Kier molecular flexibility index (Phi) is 5.66. The maximum absolute atomic E-state index is 10.9. The van der Waals surface area contributed by atoms with Gasteiger partial charge in [0.2, 0.25) is 5.91 Å². The molecule has 1 rings (SSSR count). The molecular formula is C13H20N2O2. The molecule has 17 heavy (non-hydrogen) atoms. The monoisotopic (exact) mass is 236 g/mol. The van der Waals surface area contributed by atoms with Gasteiger partial charge in [-0.05, 0) is 17.7 Å². The summed E-state index contributed by atoms with van der Waals surface area (Å²) in [5.41, 5.74) is 6.72. The Morgan fingerprint density at radius 2 is 2.00 bits per heavy atom. The third kappa shape index (κ3) is 5.47. The average molecular weight is 236 g/mol. The normalized spacial score (nSPS) is 10.8. The number of ether oxygens (including phenoxy) is 1. The second-order valence-electron chi connectivity index (χ2n) is 4.22. The lowest BCUT2D eigenvalue weighted by molar-refractivity contribution is 0.1000. The van der Waals surface area contributed by atoms with Crippen molar-refractivity contribution < 1.29 is 9.53 Å². The van der Waals surface area contributed by atoms with Crippen molar-refractivity contribution in [2.75, 3.05) is 13.2 Å². The molecule has 0 aliphatic heterocycles. The van der Waals surface area contributed by atoms with Crippen LogP contribution in [0.5, 0.6) is 0 Å². The van der Waals surface area contributed by atoms with Crippen LogP contribution in [0.3, 0.4) is 0 Å². The lowest BCUT2D eigenvalue weighted by Crippen LogP contribution is -2.26. The second-order valence-corrected chi connectivity index (χ2v) is 4.22. The van der Waals surface area contributed by atoms with Gasteiger partial charge in [-0.15, -0.1) is 0 Å². The molecule has 1 aromatic carbocycles. The summed E-state index contributed by atoms with van der Waals surface area (Å²) >= 11 is 0. The molecular weight excluding hydrogens is 216 g/mol. The van der Waals surface area contributed by atoms with Gasteiger partial charge in [-0.25, -0.2) is 0 Å². The predicted molar refractivity (Wildman–Crippen MR) is 67.8 cm³/mol. The fourth-order valence-corrected chi connectivity index (χ4v) is 1.38. The Labute approximate surface area is 102 Å². The van der Waals surface area contributed by atoms with Crippen LogP contribution in [0.2, 0.25) is 0 Å². The summed E-state index contributed by atoms with van der Waals surface area (Å²) in [6, 6.07) is 7.63. The summed E-state index contributed by atoms with van der Waals surface area (Å²) in [5.74, 6) is -0.404. The molecule has 1 amide bonds. The van der Waals surface area contributed by atoms with Crippen molar-refractivity contribution in [1.29, 1.82) is 0 Å². The molecule has 4 nitrogen and oxygen atoms in total. The molecule has 0 saturated heterocycles. The maximum Gasteiger partial charge on any atom is 0.248 e. The summed E-state index contributed by atoms with van der Waals surface area (Å²) in [4.78, 5) is 10.9. The van der Waals surface area contributed by atoms with E-state index in [9.17, 15) is 4.79 Å². The number of hydrogen-bond donors (Lipinski definition) is 2. The van der Waals surface area contributed by atoms with Gasteiger partial charge in [-0.1, -0.05) is 26.0 Å². The summed E-state index contributed by atoms with van der Waals surface area (Å²) in [6.45, 7) is 6.27. The Morgan fingerprint density at radius 1 is 1.35 bits per heavy atom. The van der Waals surface area contributed by atoms with E-state index in [1.54, 1.807) is 12.1 Å². The van der Waals surface area contributed by atoms with Gasteiger partial charge in [0, 0.05) is 18.2 Å². The number of benzene rings is 1. The Balaban J connectivity index is 2.25. The van der Waals surface area contributed by atoms with E-state index in [1.165, 1.54) is 0 Å². The summed E-state index contributed by atoms with van der Waals surface area (Å²) in [7, 11) is 0. The molecule has 0 aliphatic carbocycles.